The molecule has 28 heavy (non-hydrogen) atoms. The summed E-state index contributed by atoms with van der Waals surface area (Å²) in [5.41, 5.74) is 1.22. The first-order chi connectivity index (χ1) is 13.2. The van der Waals surface area contributed by atoms with Gasteiger partial charge in [0.1, 0.15) is 12.2 Å². The molecule has 2 aromatic rings. The fourth-order valence-electron chi connectivity index (χ4n) is 3.47. The highest BCUT2D eigenvalue weighted by Gasteiger charge is 2.18. The standard InChI is InChI=1S/C20H29ClN6.HI/c1-3-19-25-23-15-27(19)13-12-22-20(24-18-6-4-5-7-18)26(2)14-16-8-10-17(21)11-9-16;/h8-11,15,18H,3-7,12-14H2,1-2H3,(H,22,24);1H. The van der Waals surface area contributed by atoms with Crippen molar-refractivity contribution in [3.05, 3.63) is 47.0 Å². The highest BCUT2D eigenvalue weighted by molar-refractivity contribution is 14.0. The summed E-state index contributed by atoms with van der Waals surface area (Å²) in [5, 5.41) is 12.6. The molecule has 1 heterocycles. The van der Waals surface area contributed by atoms with E-state index in [4.69, 9.17) is 16.6 Å². The summed E-state index contributed by atoms with van der Waals surface area (Å²) in [4.78, 5) is 7.07. The quantitative estimate of drug-likeness (QED) is 0.342. The van der Waals surface area contributed by atoms with E-state index < -0.39 is 0 Å². The van der Waals surface area contributed by atoms with Crippen molar-refractivity contribution in [3.8, 4) is 0 Å². The normalized spacial score (nSPS) is 14.8. The van der Waals surface area contributed by atoms with Crippen LogP contribution in [0, 0.1) is 0 Å². The van der Waals surface area contributed by atoms with Gasteiger partial charge >= 0.3 is 0 Å². The molecule has 0 bridgehead atoms. The van der Waals surface area contributed by atoms with Crippen LogP contribution in [0.3, 0.4) is 0 Å². The molecule has 0 spiro atoms. The lowest BCUT2D eigenvalue weighted by Gasteiger charge is -2.25. The monoisotopic (exact) mass is 516 g/mol. The van der Waals surface area contributed by atoms with Gasteiger partial charge < -0.3 is 14.8 Å². The summed E-state index contributed by atoms with van der Waals surface area (Å²) in [7, 11) is 2.09. The van der Waals surface area contributed by atoms with Gasteiger partial charge in [-0.05, 0) is 30.5 Å². The van der Waals surface area contributed by atoms with E-state index in [1.807, 2.05) is 12.1 Å². The second-order valence-corrected chi connectivity index (χ2v) is 7.54. The van der Waals surface area contributed by atoms with Gasteiger partial charge in [-0.2, -0.15) is 0 Å². The van der Waals surface area contributed by atoms with Crippen LogP contribution in [-0.4, -0.2) is 45.3 Å². The SMILES string of the molecule is CCc1nncn1CCN=C(NC1CCCC1)N(C)Cc1ccc(Cl)cc1.I. The van der Waals surface area contributed by atoms with Crippen molar-refractivity contribution in [2.24, 2.45) is 4.99 Å². The number of benzene rings is 1. The Morgan fingerprint density at radius 1 is 1.29 bits per heavy atom. The Morgan fingerprint density at radius 2 is 2.00 bits per heavy atom. The Kier molecular flexibility index (Phi) is 9.50. The third-order valence-electron chi connectivity index (χ3n) is 5.00. The van der Waals surface area contributed by atoms with Gasteiger partial charge in [0, 0.05) is 37.6 Å². The van der Waals surface area contributed by atoms with Crippen molar-refractivity contribution in [3.63, 3.8) is 0 Å². The zero-order valence-corrected chi connectivity index (χ0v) is 19.7. The van der Waals surface area contributed by atoms with E-state index in [0.29, 0.717) is 12.6 Å². The molecular weight excluding hydrogens is 487 g/mol. The number of aliphatic imine (C=N–C) groups is 1. The van der Waals surface area contributed by atoms with Crippen LogP contribution in [0.1, 0.15) is 44.0 Å². The smallest absolute Gasteiger partial charge is 0.194 e. The van der Waals surface area contributed by atoms with E-state index >= 15 is 0 Å². The van der Waals surface area contributed by atoms with E-state index in [1.54, 1.807) is 6.33 Å². The van der Waals surface area contributed by atoms with E-state index in [0.717, 1.165) is 36.3 Å². The molecule has 0 atom stereocenters. The Bertz CT molecular complexity index is 739. The van der Waals surface area contributed by atoms with Crippen molar-refractivity contribution in [2.45, 2.75) is 58.2 Å². The molecule has 3 rings (SSSR count). The fraction of sp³-hybridized carbons (Fsp3) is 0.550. The molecule has 8 heteroatoms. The molecule has 0 radical (unpaired) electrons. The van der Waals surface area contributed by atoms with Crippen LogP contribution >= 0.6 is 35.6 Å². The van der Waals surface area contributed by atoms with Crippen molar-refractivity contribution < 1.29 is 0 Å². The molecule has 1 saturated carbocycles. The molecule has 1 aliphatic rings. The van der Waals surface area contributed by atoms with Crippen LogP contribution in [0.5, 0.6) is 0 Å². The number of aromatic nitrogens is 3. The van der Waals surface area contributed by atoms with Gasteiger partial charge in [0.05, 0.1) is 6.54 Å². The molecule has 1 N–H and O–H groups in total. The third kappa shape index (κ3) is 6.62. The predicted molar refractivity (Wildman–Crippen MR) is 125 cm³/mol. The van der Waals surface area contributed by atoms with Gasteiger partial charge in [-0.3, -0.25) is 4.99 Å². The zero-order chi connectivity index (χ0) is 19.1. The Morgan fingerprint density at radius 3 is 2.68 bits per heavy atom. The van der Waals surface area contributed by atoms with Crippen LogP contribution in [0.25, 0.3) is 0 Å². The molecule has 0 aliphatic heterocycles. The second-order valence-electron chi connectivity index (χ2n) is 7.11. The Balaban J connectivity index is 0.00000280. The number of nitrogens with one attached hydrogen (secondary N) is 1. The maximum atomic E-state index is 6.00. The van der Waals surface area contributed by atoms with Crippen LogP contribution in [0.4, 0.5) is 0 Å². The fourth-order valence-corrected chi connectivity index (χ4v) is 3.60. The number of hydrogen-bond acceptors (Lipinski definition) is 3. The Labute approximate surface area is 189 Å². The molecular formula is C20H30ClIN6. The van der Waals surface area contributed by atoms with E-state index in [-0.39, 0.29) is 24.0 Å². The van der Waals surface area contributed by atoms with Gasteiger partial charge in [-0.15, -0.1) is 34.2 Å². The summed E-state index contributed by atoms with van der Waals surface area (Å²) in [6.45, 7) is 4.38. The minimum Gasteiger partial charge on any atom is -0.354 e. The largest absolute Gasteiger partial charge is 0.354 e. The van der Waals surface area contributed by atoms with Crippen molar-refractivity contribution in [1.29, 1.82) is 0 Å². The van der Waals surface area contributed by atoms with Gasteiger partial charge in [0.15, 0.2) is 5.96 Å². The first-order valence-corrected chi connectivity index (χ1v) is 10.2. The minimum atomic E-state index is 0. The van der Waals surface area contributed by atoms with Crippen molar-refractivity contribution in [2.75, 3.05) is 13.6 Å². The topological polar surface area (TPSA) is 58.3 Å². The second kappa shape index (κ2) is 11.6. The molecule has 0 amide bonds. The first kappa shape index (κ1) is 22.9. The van der Waals surface area contributed by atoms with Gasteiger partial charge in [0.25, 0.3) is 0 Å². The highest BCUT2D eigenvalue weighted by Crippen LogP contribution is 2.18. The van der Waals surface area contributed by atoms with Crippen molar-refractivity contribution >= 4 is 41.5 Å². The number of nitrogens with zero attached hydrogens (tertiary/aromatic N) is 5. The molecule has 154 valence electrons. The lowest BCUT2D eigenvalue weighted by atomic mass is 10.2. The lowest BCUT2D eigenvalue weighted by Crippen LogP contribution is -2.43. The molecule has 0 unspecified atom stereocenters. The van der Waals surface area contributed by atoms with Crippen LogP contribution in [0.2, 0.25) is 5.02 Å². The number of halogens is 2. The summed E-state index contributed by atoms with van der Waals surface area (Å²) in [6, 6.07) is 8.53. The van der Waals surface area contributed by atoms with Crippen LogP contribution in [-0.2, 0) is 19.5 Å². The lowest BCUT2D eigenvalue weighted by molar-refractivity contribution is 0.456. The molecule has 1 aromatic carbocycles. The summed E-state index contributed by atoms with van der Waals surface area (Å²) >= 11 is 6.00. The van der Waals surface area contributed by atoms with Crippen LogP contribution < -0.4 is 5.32 Å². The molecule has 1 aliphatic carbocycles. The molecule has 0 saturated heterocycles. The summed E-state index contributed by atoms with van der Waals surface area (Å²) < 4.78 is 2.08. The molecule has 6 nitrogen and oxygen atoms in total. The average molecular weight is 517 g/mol. The first-order valence-electron chi connectivity index (χ1n) is 9.79. The van der Waals surface area contributed by atoms with E-state index in [1.165, 1.54) is 31.2 Å². The summed E-state index contributed by atoms with van der Waals surface area (Å²) in [5.74, 6) is 1.97. The van der Waals surface area contributed by atoms with E-state index in [2.05, 4.69) is 51.1 Å². The number of guanidine groups is 1. The predicted octanol–water partition coefficient (Wildman–Crippen LogP) is 4.13. The number of rotatable bonds is 7. The maximum Gasteiger partial charge on any atom is 0.194 e. The van der Waals surface area contributed by atoms with Crippen LogP contribution in [0.15, 0.2) is 35.6 Å². The summed E-state index contributed by atoms with van der Waals surface area (Å²) in [6.07, 6.45) is 7.71. The Hall–Kier alpha value is -1.35. The van der Waals surface area contributed by atoms with Gasteiger partial charge in [-0.25, -0.2) is 0 Å². The average Bonchev–Trinajstić information content (AvgIpc) is 3.34. The number of hydrogen-bond donors (Lipinski definition) is 1. The molecule has 1 fully saturated rings. The van der Waals surface area contributed by atoms with Crippen molar-refractivity contribution in [1.82, 2.24) is 25.0 Å². The highest BCUT2D eigenvalue weighted by atomic mass is 127. The van der Waals surface area contributed by atoms with E-state index in [9.17, 15) is 0 Å². The van der Waals surface area contributed by atoms with Gasteiger partial charge in [-0.1, -0.05) is 43.5 Å². The molecule has 1 aromatic heterocycles. The zero-order valence-electron chi connectivity index (χ0n) is 16.6. The number of aryl methyl sites for hydroxylation is 1. The third-order valence-corrected chi connectivity index (χ3v) is 5.25. The van der Waals surface area contributed by atoms with Gasteiger partial charge in [0.2, 0.25) is 0 Å². The maximum absolute atomic E-state index is 6.00. The minimum absolute atomic E-state index is 0.